The smallest absolute Gasteiger partial charge is 0.338 e. The number of halogens is 3. The lowest BCUT2D eigenvalue weighted by atomic mass is 10.1. The molecule has 1 fully saturated rings. The lowest BCUT2D eigenvalue weighted by Gasteiger charge is -2.35. The number of carbonyl (C=O) groups excluding carboxylic acids is 1. The third kappa shape index (κ3) is 4.26. The first-order chi connectivity index (χ1) is 12.8. The highest BCUT2D eigenvalue weighted by atomic mass is 19.4. The van der Waals surface area contributed by atoms with Crippen LogP contribution in [0.2, 0.25) is 0 Å². The van der Waals surface area contributed by atoms with E-state index in [-0.39, 0.29) is 17.3 Å². The molecule has 27 heavy (non-hydrogen) atoms. The van der Waals surface area contributed by atoms with Gasteiger partial charge in [-0.2, -0.15) is 18.0 Å². The predicted octanol–water partition coefficient (Wildman–Crippen LogP) is 2.08. The third-order valence-electron chi connectivity index (χ3n) is 4.71. The van der Waals surface area contributed by atoms with Crippen LogP contribution in [0.1, 0.15) is 25.5 Å². The molecule has 1 amide bonds. The first-order valence-electron chi connectivity index (χ1n) is 8.78. The summed E-state index contributed by atoms with van der Waals surface area (Å²) < 4.78 is 38.6. The predicted molar refractivity (Wildman–Crippen MR) is 91.7 cm³/mol. The molecule has 10 heteroatoms. The number of rotatable bonds is 4. The number of nitrogens with zero attached hydrogens (tertiary/aromatic N) is 6. The molecule has 1 atom stereocenters. The maximum Gasteiger partial charge on any atom is 0.416 e. The van der Waals surface area contributed by atoms with Crippen LogP contribution in [0, 0.1) is 0 Å². The van der Waals surface area contributed by atoms with Gasteiger partial charge in [-0.1, -0.05) is 19.1 Å². The van der Waals surface area contributed by atoms with Crippen LogP contribution in [0.25, 0.3) is 11.4 Å². The van der Waals surface area contributed by atoms with Crippen LogP contribution < -0.4 is 0 Å². The Balaban J connectivity index is 1.73. The molecule has 2 heterocycles. The maximum atomic E-state index is 12.9. The van der Waals surface area contributed by atoms with Crippen LogP contribution in [-0.4, -0.2) is 68.6 Å². The molecule has 0 aliphatic carbocycles. The number of likely N-dealkylation sites (N-methyl/N-ethyl adjacent to an activating group) is 1. The molecule has 1 aromatic heterocycles. The largest absolute Gasteiger partial charge is 0.416 e. The van der Waals surface area contributed by atoms with Gasteiger partial charge in [-0.15, -0.1) is 10.2 Å². The van der Waals surface area contributed by atoms with Gasteiger partial charge in [0, 0.05) is 31.7 Å². The maximum absolute atomic E-state index is 12.9. The average Bonchev–Trinajstić information content (AvgIpc) is 3.16. The Bertz CT molecular complexity index is 798. The quantitative estimate of drug-likeness (QED) is 0.810. The summed E-state index contributed by atoms with van der Waals surface area (Å²) in [7, 11) is 0. The van der Waals surface area contributed by atoms with E-state index in [2.05, 4.69) is 27.2 Å². The number of aromatic nitrogens is 4. The van der Waals surface area contributed by atoms with Gasteiger partial charge in [-0.05, 0) is 30.8 Å². The van der Waals surface area contributed by atoms with E-state index in [0.29, 0.717) is 13.1 Å². The molecule has 1 aromatic carbocycles. The molecule has 0 spiro atoms. The molecule has 0 bridgehead atoms. The van der Waals surface area contributed by atoms with Crippen molar-refractivity contribution in [1.29, 1.82) is 0 Å². The second-order valence-corrected chi connectivity index (χ2v) is 6.45. The van der Waals surface area contributed by atoms with Gasteiger partial charge < -0.3 is 9.80 Å². The van der Waals surface area contributed by atoms with Gasteiger partial charge in [0.05, 0.1) is 5.56 Å². The highest BCUT2D eigenvalue weighted by molar-refractivity contribution is 5.80. The normalized spacial score (nSPS) is 17.1. The van der Waals surface area contributed by atoms with E-state index < -0.39 is 17.8 Å². The molecule has 146 valence electrons. The van der Waals surface area contributed by atoms with Crippen molar-refractivity contribution in [3.63, 3.8) is 0 Å². The van der Waals surface area contributed by atoms with Gasteiger partial charge >= 0.3 is 6.18 Å². The summed E-state index contributed by atoms with van der Waals surface area (Å²) >= 11 is 0. The van der Waals surface area contributed by atoms with Crippen molar-refractivity contribution in [2.75, 3.05) is 32.7 Å². The van der Waals surface area contributed by atoms with Gasteiger partial charge in [-0.25, -0.2) is 0 Å². The number of hydrogen-bond donors (Lipinski definition) is 0. The Morgan fingerprint density at radius 1 is 1.22 bits per heavy atom. The van der Waals surface area contributed by atoms with Gasteiger partial charge in [0.2, 0.25) is 11.7 Å². The van der Waals surface area contributed by atoms with E-state index in [1.54, 1.807) is 11.8 Å². The second-order valence-electron chi connectivity index (χ2n) is 6.45. The van der Waals surface area contributed by atoms with Crippen LogP contribution in [-0.2, 0) is 11.0 Å². The fourth-order valence-electron chi connectivity index (χ4n) is 2.99. The topological polar surface area (TPSA) is 67.2 Å². The van der Waals surface area contributed by atoms with Crippen molar-refractivity contribution in [2.24, 2.45) is 0 Å². The molecule has 0 unspecified atom stereocenters. The van der Waals surface area contributed by atoms with Crippen molar-refractivity contribution < 1.29 is 18.0 Å². The molecule has 0 radical (unpaired) electrons. The van der Waals surface area contributed by atoms with E-state index in [4.69, 9.17) is 0 Å². The fourth-order valence-corrected chi connectivity index (χ4v) is 2.99. The van der Waals surface area contributed by atoms with Crippen molar-refractivity contribution in [1.82, 2.24) is 30.0 Å². The first kappa shape index (κ1) is 19.3. The molecule has 7 nitrogen and oxygen atoms in total. The van der Waals surface area contributed by atoms with E-state index in [1.807, 2.05) is 0 Å². The Labute approximate surface area is 154 Å². The number of alkyl halides is 3. The zero-order valence-corrected chi connectivity index (χ0v) is 15.1. The Morgan fingerprint density at radius 3 is 2.56 bits per heavy atom. The van der Waals surface area contributed by atoms with Gasteiger partial charge in [0.25, 0.3) is 0 Å². The monoisotopic (exact) mass is 382 g/mol. The Kier molecular flexibility index (Phi) is 5.45. The fraction of sp³-hybridized carbons (Fsp3) is 0.529. The van der Waals surface area contributed by atoms with Crippen molar-refractivity contribution in [3.8, 4) is 11.4 Å². The van der Waals surface area contributed by atoms with Gasteiger partial charge in [-0.3, -0.25) is 4.79 Å². The van der Waals surface area contributed by atoms with Crippen LogP contribution in [0.5, 0.6) is 0 Å². The van der Waals surface area contributed by atoms with Gasteiger partial charge in [0.15, 0.2) is 0 Å². The Morgan fingerprint density at radius 2 is 1.93 bits per heavy atom. The van der Waals surface area contributed by atoms with Crippen LogP contribution in [0.4, 0.5) is 13.2 Å². The molecular formula is C17H21F3N6O. The summed E-state index contributed by atoms with van der Waals surface area (Å²) in [5.74, 6) is -0.0738. The SMILES string of the molecule is CCN1CCN(C(=O)[C@@H](C)n2nnc(-c3cccc(C(F)(F)F)c3)n2)CC1. The number of amides is 1. The summed E-state index contributed by atoms with van der Waals surface area (Å²) in [6.45, 7) is 7.58. The third-order valence-corrected chi connectivity index (χ3v) is 4.71. The minimum atomic E-state index is -4.45. The Hall–Kier alpha value is -2.49. The molecule has 2 aromatic rings. The number of benzene rings is 1. The number of hydrogen-bond acceptors (Lipinski definition) is 5. The highest BCUT2D eigenvalue weighted by Crippen LogP contribution is 2.31. The molecule has 3 rings (SSSR count). The van der Waals surface area contributed by atoms with Crippen molar-refractivity contribution >= 4 is 5.91 Å². The summed E-state index contributed by atoms with van der Waals surface area (Å²) in [5.41, 5.74) is -0.582. The number of tetrazole rings is 1. The van der Waals surface area contributed by atoms with E-state index >= 15 is 0 Å². The lowest BCUT2D eigenvalue weighted by Crippen LogP contribution is -2.50. The lowest BCUT2D eigenvalue weighted by molar-refractivity contribution is -0.138. The summed E-state index contributed by atoms with van der Waals surface area (Å²) in [4.78, 5) is 17.8. The first-order valence-corrected chi connectivity index (χ1v) is 8.78. The highest BCUT2D eigenvalue weighted by Gasteiger charge is 2.31. The van der Waals surface area contributed by atoms with Crippen LogP contribution >= 0.6 is 0 Å². The zero-order chi connectivity index (χ0) is 19.6. The van der Waals surface area contributed by atoms with Crippen LogP contribution in [0.3, 0.4) is 0 Å². The summed E-state index contributed by atoms with van der Waals surface area (Å²) in [5, 5.41) is 11.8. The number of piperazine rings is 1. The molecule has 1 aliphatic rings. The standard InChI is InChI=1S/C17H21F3N6O/c1-3-24-7-9-25(10-8-24)16(27)12(2)26-22-15(21-23-26)13-5-4-6-14(11-13)17(18,19)20/h4-6,11-12H,3,7-10H2,1-2H3/t12-/m1/s1. The molecular weight excluding hydrogens is 361 g/mol. The van der Waals surface area contributed by atoms with E-state index in [9.17, 15) is 18.0 Å². The minimum absolute atomic E-state index is 0.0524. The molecule has 1 aliphatic heterocycles. The molecule has 0 N–H and O–H groups in total. The van der Waals surface area contributed by atoms with Crippen LogP contribution in [0.15, 0.2) is 24.3 Å². The summed E-state index contributed by atoms with van der Waals surface area (Å²) in [6, 6.07) is 4.05. The second kappa shape index (κ2) is 7.63. The van der Waals surface area contributed by atoms with Crippen molar-refractivity contribution in [2.45, 2.75) is 26.1 Å². The molecule has 1 saturated heterocycles. The van der Waals surface area contributed by atoms with E-state index in [1.165, 1.54) is 12.1 Å². The molecule has 0 saturated carbocycles. The average molecular weight is 382 g/mol. The van der Waals surface area contributed by atoms with Crippen molar-refractivity contribution in [3.05, 3.63) is 29.8 Å². The summed E-state index contributed by atoms with van der Waals surface area (Å²) in [6.07, 6.45) is -4.45. The van der Waals surface area contributed by atoms with E-state index in [0.717, 1.165) is 36.6 Å². The zero-order valence-electron chi connectivity index (χ0n) is 15.1. The van der Waals surface area contributed by atoms with Gasteiger partial charge in [0.1, 0.15) is 6.04 Å². The minimum Gasteiger partial charge on any atom is -0.338 e. The number of carbonyl (C=O) groups is 1.